The number of carbonyl (C=O) groups excluding carboxylic acids is 2. The van der Waals surface area contributed by atoms with Crippen LogP contribution in [0.15, 0.2) is 88.9 Å². The van der Waals surface area contributed by atoms with E-state index in [1.54, 1.807) is 31.4 Å². The van der Waals surface area contributed by atoms with Crippen LogP contribution in [0, 0.1) is 0 Å². The Morgan fingerprint density at radius 1 is 1.00 bits per heavy atom. The number of amides is 2. The summed E-state index contributed by atoms with van der Waals surface area (Å²) in [4.78, 5) is 29.3. The average Bonchev–Trinajstić information content (AvgIpc) is 3.67. The van der Waals surface area contributed by atoms with Crippen molar-refractivity contribution >= 4 is 22.8 Å². The highest BCUT2D eigenvalue weighted by Gasteiger charge is 2.50. The number of hydrogen-bond acceptors (Lipinski definition) is 8. The van der Waals surface area contributed by atoms with Crippen LogP contribution in [0.3, 0.4) is 0 Å². The predicted molar refractivity (Wildman–Crippen MR) is 162 cm³/mol. The summed E-state index contributed by atoms with van der Waals surface area (Å²) in [5.74, 6) is 0.397. The van der Waals surface area contributed by atoms with Crippen LogP contribution in [-0.4, -0.2) is 79.1 Å². The van der Waals surface area contributed by atoms with E-state index in [2.05, 4.69) is 5.32 Å². The molecule has 0 fully saturated rings. The maximum atomic E-state index is 14.3. The third-order valence-corrected chi connectivity index (χ3v) is 8.21. The Balaban J connectivity index is 1.42. The molecule has 2 heterocycles. The second-order valence-corrected chi connectivity index (χ2v) is 10.8. The quantitative estimate of drug-likeness (QED) is 0.253. The van der Waals surface area contributed by atoms with Crippen LogP contribution in [0.2, 0.25) is 0 Å². The highest BCUT2D eigenvalue weighted by Crippen LogP contribution is 2.47. The van der Waals surface area contributed by atoms with Crippen LogP contribution in [0.4, 0.5) is 0 Å². The van der Waals surface area contributed by atoms with Crippen molar-refractivity contribution in [3.05, 3.63) is 101 Å². The summed E-state index contributed by atoms with van der Waals surface area (Å²) in [5.41, 5.74) is 2.49. The Kier molecular flexibility index (Phi) is 8.28. The smallest absolute Gasteiger partial charge is 0.290 e. The summed E-state index contributed by atoms with van der Waals surface area (Å²) >= 11 is 0. The van der Waals surface area contributed by atoms with E-state index >= 15 is 0 Å². The number of furan rings is 1. The molecule has 2 aliphatic rings. The van der Waals surface area contributed by atoms with E-state index in [0.717, 1.165) is 11.1 Å². The summed E-state index contributed by atoms with van der Waals surface area (Å²) in [6.07, 6.45) is 0.0942. The minimum atomic E-state index is -1.17. The second kappa shape index (κ2) is 12.4. The summed E-state index contributed by atoms with van der Waals surface area (Å²) in [6, 6.07) is 21.0. The standard InChI is InChI=1S/C34H34N2O8/c1-41-22-9-5-7-20(17-22)13-15-36(34(40)28-18-21-8-6-12-27(42-2)31(21)44-28)25-19-24(33(39)35-14-16-37)29-23-10-3-4-11-26(23)43-32(29)30(25)38/h3-12,17-19,25,29-30,32,37-38H,13-16H2,1-2H3,(H,35,39). The monoisotopic (exact) mass is 598 g/mol. The number of aliphatic hydroxyl groups excluding tert-OH is 2. The molecule has 10 nitrogen and oxygen atoms in total. The first kappa shape index (κ1) is 29.3. The zero-order valence-electron chi connectivity index (χ0n) is 24.4. The molecule has 2 amide bonds. The van der Waals surface area contributed by atoms with Crippen molar-refractivity contribution in [3.8, 4) is 17.2 Å². The van der Waals surface area contributed by atoms with Crippen LogP contribution in [0.1, 0.15) is 27.6 Å². The van der Waals surface area contributed by atoms with Gasteiger partial charge < -0.3 is 39.1 Å². The van der Waals surface area contributed by atoms with Gasteiger partial charge in [0.15, 0.2) is 17.1 Å². The molecule has 228 valence electrons. The van der Waals surface area contributed by atoms with Crippen LogP contribution in [0.5, 0.6) is 17.2 Å². The van der Waals surface area contributed by atoms with Gasteiger partial charge in [0.05, 0.1) is 32.8 Å². The van der Waals surface area contributed by atoms with Gasteiger partial charge in [0.1, 0.15) is 23.7 Å². The van der Waals surface area contributed by atoms with Gasteiger partial charge in [-0.3, -0.25) is 9.59 Å². The molecule has 0 bridgehead atoms. The molecule has 0 saturated carbocycles. The van der Waals surface area contributed by atoms with Crippen LogP contribution < -0.4 is 19.5 Å². The number of ether oxygens (including phenoxy) is 3. The van der Waals surface area contributed by atoms with Gasteiger partial charge in [0, 0.05) is 29.6 Å². The molecular weight excluding hydrogens is 564 g/mol. The van der Waals surface area contributed by atoms with Crippen molar-refractivity contribution in [3.63, 3.8) is 0 Å². The fourth-order valence-electron chi connectivity index (χ4n) is 6.10. The summed E-state index contributed by atoms with van der Waals surface area (Å²) in [5, 5.41) is 24.7. The number of rotatable bonds is 10. The molecule has 0 spiro atoms. The van der Waals surface area contributed by atoms with E-state index in [1.807, 2.05) is 54.6 Å². The molecule has 1 aromatic heterocycles. The van der Waals surface area contributed by atoms with Gasteiger partial charge in [0.25, 0.3) is 5.91 Å². The van der Waals surface area contributed by atoms with E-state index in [4.69, 9.17) is 18.6 Å². The van der Waals surface area contributed by atoms with Gasteiger partial charge in [-0.15, -0.1) is 0 Å². The zero-order valence-corrected chi connectivity index (χ0v) is 24.4. The number of nitrogens with one attached hydrogen (secondary N) is 1. The fraction of sp³-hybridized carbons (Fsp3) is 0.294. The highest BCUT2D eigenvalue weighted by molar-refractivity contribution is 5.99. The molecule has 1 aliphatic heterocycles. The second-order valence-electron chi connectivity index (χ2n) is 10.8. The largest absolute Gasteiger partial charge is 0.497 e. The van der Waals surface area contributed by atoms with Gasteiger partial charge >= 0.3 is 0 Å². The van der Waals surface area contributed by atoms with Crippen LogP contribution in [-0.2, 0) is 11.2 Å². The van der Waals surface area contributed by atoms with Crippen molar-refractivity contribution < 1.29 is 38.4 Å². The molecule has 4 atom stereocenters. The van der Waals surface area contributed by atoms with Crippen LogP contribution in [0.25, 0.3) is 11.0 Å². The summed E-state index contributed by atoms with van der Waals surface area (Å²) in [6.45, 7) is 0.0176. The van der Waals surface area contributed by atoms with E-state index < -0.39 is 36.0 Å². The Morgan fingerprint density at radius 2 is 1.82 bits per heavy atom. The lowest BCUT2D eigenvalue weighted by atomic mass is 9.77. The molecule has 3 N–H and O–H groups in total. The van der Waals surface area contributed by atoms with Crippen molar-refractivity contribution in [1.29, 1.82) is 0 Å². The van der Waals surface area contributed by atoms with Crippen molar-refractivity contribution in [2.45, 2.75) is 30.6 Å². The van der Waals surface area contributed by atoms with Crippen molar-refractivity contribution in [2.24, 2.45) is 0 Å². The maximum Gasteiger partial charge on any atom is 0.290 e. The van der Waals surface area contributed by atoms with Gasteiger partial charge in [-0.05, 0) is 48.4 Å². The van der Waals surface area contributed by atoms with E-state index in [0.29, 0.717) is 40.2 Å². The molecule has 44 heavy (non-hydrogen) atoms. The molecule has 3 aromatic carbocycles. The number of methoxy groups -OCH3 is 2. The van der Waals surface area contributed by atoms with Gasteiger partial charge in [0.2, 0.25) is 5.91 Å². The number of carbonyl (C=O) groups is 2. The number of fused-ring (bicyclic) bond motifs is 4. The molecule has 10 heteroatoms. The Labute approximate surface area is 254 Å². The lowest BCUT2D eigenvalue weighted by Crippen LogP contribution is -2.56. The minimum absolute atomic E-state index is 0.0581. The van der Waals surface area contributed by atoms with E-state index in [1.165, 1.54) is 12.0 Å². The average molecular weight is 599 g/mol. The summed E-state index contributed by atoms with van der Waals surface area (Å²) in [7, 11) is 3.12. The highest BCUT2D eigenvalue weighted by atomic mass is 16.5. The lowest BCUT2D eigenvalue weighted by molar-refractivity contribution is -0.118. The minimum Gasteiger partial charge on any atom is -0.497 e. The Bertz CT molecular complexity index is 1710. The Hall–Kier alpha value is -4.80. The molecule has 4 aromatic rings. The molecule has 0 radical (unpaired) electrons. The van der Waals surface area contributed by atoms with Crippen molar-refractivity contribution in [2.75, 3.05) is 33.9 Å². The number of aliphatic hydroxyl groups is 2. The Morgan fingerprint density at radius 3 is 2.61 bits per heavy atom. The molecular formula is C34H34N2O8. The molecule has 6 rings (SSSR count). The third-order valence-electron chi connectivity index (χ3n) is 8.21. The predicted octanol–water partition coefficient (Wildman–Crippen LogP) is 3.46. The van der Waals surface area contributed by atoms with E-state index in [9.17, 15) is 19.8 Å². The maximum absolute atomic E-state index is 14.3. The normalized spacial score (nSPS) is 20.2. The van der Waals surface area contributed by atoms with Crippen LogP contribution >= 0.6 is 0 Å². The number of para-hydroxylation sites is 2. The third kappa shape index (κ3) is 5.38. The first-order chi connectivity index (χ1) is 21.4. The molecule has 4 unspecified atom stereocenters. The first-order valence-corrected chi connectivity index (χ1v) is 14.5. The molecule has 0 saturated heterocycles. The van der Waals surface area contributed by atoms with E-state index in [-0.39, 0.29) is 25.5 Å². The zero-order chi connectivity index (χ0) is 30.8. The number of hydrogen-bond donors (Lipinski definition) is 3. The topological polar surface area (TPSA) is 131 Å². The molecule has 1 aliphatic carbocycles. The number of benzene rings is 3. The van der Waals surface area contributed by atoms with Gasteiger partial charge in [-0.1, -0.05) is 42.5 Å². The number of nitrogens with zero attached hydrogens (tertiary/aromatic N) is 1. The SMILES string of the molecule is COc1cccc(CCN(C(=O)c2cc3cccc(OC)c3o2)C2C=C(C(=O)NCCO)C3c4ccccc4OC3C2O)c1. The lowest BCUT2D eigenvalue weighted by Gasteiger charge is -2.40. The van der Waals surface area contributed by atoms with Gasteiger partial charge in [-0.25, -0.2) is 0 Å². The fourth-order valence-corrected chi connectivity index (χ4v) is 6.10. The van der Waals surface area contributed by atoms with Crippen molar-refractivity contribution in [1.82, 2.24) is 10.2 Å². The van der Waals surface area contributed by atoms with Gasteiger partial charge in [-0.2, -0.15) is 0 Å². The summed E-state index contributed by atoms with van der Waals surface area (Å²) < 4.78 is 23.1. The first-order valence-electron chi connectivity index (χ1n) is 14.5.